The van der Waals surface area contributed by atoms with E-state index in [1.54, 1.807) is 7.11 Å². The van der Waals surface area contributed by atoms with E-state index in [0.29, 0.717) is 6.42 Å². The van der Waals surface area contributed by atoms with Gasteiger partial charge in [-0.3, -0.25) is 0 Å². The minimum Gasteiger partial charge on any atom is -0.497 e. The van der Waals surface area contributed by atoms with Gasteiger partial charge in [0.15, 0.2) is 5.69 Å². The maximum absolute atomic E-state index is 9.56. The van der Waals surface area contributed by atoms with Crippen molar-refractivity contribution >= 4 is 6.08 Å². The van der Waals surface area contributed by atoms with E-state index in [4.69, 9.17) is 4.74 Å². The van der Waals surface area contributed by atoms with Crippen molar-refractivity contribution in [3.05, 3.63) is 64.7 Å². The second-order valence-electron chi connectivity index (χ2n) is 5.98. The van der Waals surface area contributed by atoms with Gasteiger partial charge in [0.1, 0.15) is 12.5 Å². The third-order valence-corrected chi connectivity index (χ3v) is 4.67. The minimum absolute atomic E-state index is 0.0416. The van der Waals surface area contributed by atoms with Crippen LogP contribution >= 0.6 is 0 Å². The summed E-state index contributed by atoms with van der Waals surface area (Å²) in [7, 11) is 1.65. The van der Waals surface area contributed by atoms with E-state index >= 15 is 0 Å². The number of methoxy groups -OCH3 is 1. The van der Waals surface area contributed by atoms with Crippen LogP contribution in [0.25, 0.3) is 17.3 Å². The molecule has 1 aliphatic carbocycles. The molecular formula is C20H22NO3+. The maximum Gasteiger partial charge on any atom is 0.218 e. The summed E-state index contributed by atoms with van der Waals surface area (Å²) in [5.74, 6) is 0.797. The summed E-state index contributed by atoms with van der Waals surface area (Å²) in [6.45, 7) is 6.11. The fourth-order valence-corrected chi connectivity index (χ4v) is 3.18. The Labute approximate surface area is 141 Å². The number of pyridine rings is 1. The zero-order valence-corrected chi connectivity index (χ0v) is 14.0. The Bertz CT molecular complexity index is 929. The lowest BCUT2D eigenvalue weighted by molar-refractivity contribution is -0.494. The zero-order valence-electron chi connectivity index (χ0n) is 14.0. The molecule has 1 heterocycles. The molecule has 124 valence electrons. The Hall–Kier alpha value is -2.43. The van der Waals surface area contributed by atoms with Gasteiger partial charge in [0.05, 0.1) is 25.9 Å². The molecule has 0 saturated carbocycles. The lowest BCUT2D eigenvalue weighted by atomic mass is 9.91. The summed E-state index contributed by atoms with van der Waals surface area (Å²) >= 11 is 0. The lowest BCUT2D eigenvalue weighted by Gasteiger charge is -2.16. The molecule has 1 aliphatic rings. The normalized spacial score (nSPS) is 13.5. The Morgan fingerprint density at radius 2 is 2.00 bits per heavy atom. The van der Waals surface area contributed by atoms with Crippen LogP contribution in [0, 0.1) is 13.6 Å². The molecule has 0 atom stereocenters. The number of ether oxygens (including phenoxy) is 1. The van der Waals surface area contributed by atoms with Crippen molar-refractivity contribution in [3.63, 3.8) is 0 Å². The zero-order chi connectivity index (χ0) is 17.3. The molecule has 0 aliphatic heterocycles. The molecule has 0 amide bonds. The van der Waals surface area contributed by atoms with E-state index in [1.165, 1.54) is 0 Å². The average Bonchev–Trinajstić information content (AvgIpc) is 2.63. The summed E-state index contributed by atoms with van der Waals surface area (Å²) < 4.78 is 7.23. The van der Waals surface area contributed by atoms with Crippen LogP contribution in [0.1, 0.15) is 11.3 Å². The second-order valence-corrected chi connectivity index (χ2v) is 5.98. The Balaban J connectivity index is 2.25. The van der Waals surface area contributed by atoms with Gasteiger partial charge in [0.2, 0.25) is 5.69 Å². The number of aliphatic hydroxyl groups is 2. The standard InChI is InChI=1S/C20H22NO3/c1-13-19-9-17(12-23)16(11-22)7-15(19)10-20(21(13)2)14-5-4-6-18(8-14)24-3/h4-8,10,22-23H,2,9,11-12H2,1,3H3/q+1. The van der Waals surface area contributed by atoms with E-state index in [0.717, 1.165) is 44.6 Å². The summed E-state index contributed by atoms with van der Waals surface area (Å²) in [4.78, 5) is 0. The van der Waals surface area contributed by atoms with Crippen molar-refractivity contribution in [2.75, 3.05) is 20.3 Å². The summed E-state index contributed by atoms with van der Waals surface area (Å²) in [5, 5.41) is 20.2. The largest absolute Gasteiger partial charge is 0.497 e. The molecule has 0 saturated heterocycles. The third-order valence-electron chi connectivity index (χ3n) is 4.67. The van der Waals surface area contributed by atoms with Gasteiger partial charge in [-0.25, -0.2) is 0 Å². The molecule has 3 rings (SSSR count). The number of hydrogen-bond acceptors (Lipinski definition) is 3. The summed E-state index contributed by atoms with van der Waals surface area (Å²) in [5.41, 5.74) is 5.84. The summed E-state index contributed by atoms with van der Waals surface area (Å²) in [6, 6.07) is 9.95. The van der Waals surface area contributed by atoms with Crippen molar-refractivity contribution in [1.29, 1.82) is 0 Å². The first-order valence-corrected chi connectivity index (χ1v) is 7.90. The van der Waals surface area contributed by atoms with Gasteiger partial charge in [-0.1, -0.05) is 6.07 Å². The Morgan fingerprint density at radius 3 is 2.67 bits per heavy atom. The highest BCUT2D eigenvalue weighted by Gasteiger charge is 2.21. The van der Waals surface area contributed by atoms with Crippen molar-refractivity contribution in [2.45, 2.75) is 13.3 Å². The van der Waals surface area contributed by atoms with Crippen molar-refractivity contribution in [3.8, 4) is 17.0 Å². The molecule has 1 aromatic carbocycles. The molecule has 1 aromatic heterocycles. The number of nitrogens with zero attached hydrogens (tertiary/aromatic N) is 1. The predicted octanol–water partition coefficient (Wildman–Crippen LogP) is 1.22. The molecule has 0 unspecified atom stereocenters. The summed E-state index contributed by atoms with van der Waals surface area (Å²) in [6.07, 6.45) is 2.60. The lowest BCUT2D eigenvalue weighted by Crippen LogP contribution is -2.32. The number of rotatable bonds is 4. The van der Waals surface area contributed by atoms with E-state index in [2.05, 4.69) is 12.8 Å². The second kappa shape index (κ2) is 6.59. The first kappa shape index (κ1) is 16.4. The van der Waals surface area contributed by atoms with Gasteiger partial charge < -0.3 is 14.9 Å². The number of aliphatic hydroxyl groups excluding tert-OH is 2. The quantitative estimate of drug-likeness (QED) is 0.832. The third kappa shape index (κ3) is 2.75. The number of hydrogen-bond donors (Lipinski definition) is 2. The molecule has 4 heteroatoms. The van der Waals surface area contributed by atoms with Gasteiger partial charge in [-0.2, -0.15) is 4.24 Å². The molecule has 0 spiro atoms. The SMILES string of the molecule is C=[n+]1c(-c2cccc(OC)c2)cc2c(c1C)CC(CO)=C(CO)C=2. The van der Waals surface area contributed by atoms with E-state index in [9.17, 15) is 10.2 Å². The molecule has 2 N–H and O–H groups in total. The van der Waals surface area contributed by atoms with Gasteiger partial charge >= 0.3 is 0 Å². The van der Waals surface area contributed by atoms with Crippen LogP contribution in [-0.4, -0.2) is 30.5 Å². The molecule has 0 bridgehead atoms. The van der Waals surface area contributed by atoms with E-state index in [-0.39, 0.29) is 13.2 Å². The Kier molecular flexibility index (Phi) is 4.51. The number of aromatic nitrogens is 1. The van der Waals surface area contributed by atoms with Crippen LogP contribution in [0.5, 0.6) is 5.75 Å². The fourth-order valence-electron chi connectivity index (χ4n) is 3.18. The van der Waals surface area contributed by atoms with E-state index in [1.807, 2.05) is 41.5 Å². The Morgan fingerprint density at radius 1 is 1.21 bits per heavy atom. The maximum atomic E-state index is 9.56. The van der Waals surface area contributed by atoms with Crippen LogP contribution in [0.3, 0.4) is 0 Å². The number of benzene rings is 1. The first-order chi connectivity index (χ1) is 11.6. The smallest absolute Gasteiger partial charge is 0.218 e. The average molecular weight is 324 g/mol. The van der Waals surface area contributed by atoms with Crippen LogP contribution in [0.2, 0.25) is 0 Å². The highest BCUT2D eigenvalue weighted by Crippen LogP contribution is 2.22. The first-order valence-electron chi connectivity index (χ1n) is 7.90. The molecule has 0 fully saturated rings. The topological polar surface area (TPSA) is 55.6 Å². The molecular weight excluding hydrogens is 302 g/mol. The van der Waals surface area contributed by atoms with Crippen LogP contribution in [0.15, 0.2) is 41.5 Å². The molecule has 24 heavy (non-hydrogen) atoms. The van der Waals surface area contributed by atoms with Gasteiger partial charge in [-0.15, -0.1) is 0 Å². The monoisotopic (exact) mass is 324 g/mol. The van der Waals surface area contributed by atoms with Crippen LogP contribution in [-0.2, 0) is 6.42 Å². The van der Waals surface area contributed by atoms with E-state index < -0.39 is 0 Å². The van der Waals surface area contributed by atoms with Crippen molar-refractivity contribution < 1.29 is 19.2 Å². The molecule has 2 aromatic rings. The van der Waals surface area contributed by atoms with Gasteiger partial charge in [0.25, 0.3) is 0 Å². The predicted molar refractivity (Wildman–Crippen MR) is 93.1 cm³/mol. The number of fused-ring (bicyclic) bond motifs is 1. The van der Waals surface area contributed by atoms with Gasteiger partial charge in [0, 0.05) is 25.0 Å². The van der Waals surface area contributed by atoms with Gasteiger partial charge in [-0.05, 0) is 40.6 Å². The van der Waals surface area contributed by atoms with Crippen LogP contribution in [0.4, 0.5) is 0 Å². The van der Waals surface area contributed by atoms with Crippen molar-refractivity contribution in [1.82, 2.24) is 0 Å². The molecule has 4 nitrogen and oxygen atoms in total. The fraction of sp³-hybridized carbons (Fsp3) is 0.250. The van der Waals surface area contributed by atoms with Crippen molar-refractivity contribution in [2.24, 2.45) is 0 Å². The highest BCUT2D eigenvalue weighted by molar-refractivity contribution is 5.62. The minimum atomic E-state index is -0.0673. The van der Waals surface area contributed by atoms with Crippen LogP contribution < -0.4 is 14.2 Å². The highest BCUT2D eigenvalue weighted by atomic mass is 16.5. The molecule has 0 radical (unpaired) electrons.